The van der Waals surface area contributed by atoms with Crippen molar-refractivity contribution >= 4 is 0 Å². The van der Waals surface area contributed by atoms with Gasteiger partial charge < -0.3 is 9.94 Å². The minimum absolute atomic E-state index is 0.149. The Labute approximate surface area is 64.8 Å². The van der Waals surface area contributed by atoms with E-state index in [0.29, 0.717) is 0 Å². The molecule has 0 bridgehead atoms. The normalized spacial score (nSPS) is 28.5. The van der Waals surface area contributed by atoms with Gasteiger partial charge >= 0.3 is 0 Å². The van der Waals surface area contributed by atoms with Crippen molar-refractivity contribution in [1.29, 1.82) is 0 Å². The summed E-state index contributed by atoms with van der Waals surface area (Å²) in [7, 11) is 0. The van der Waals surface area contributed by atoms with Crippen molar-refractivity contribution in [3.05, 3.63) is 35.3 Å². The Balaban J connectivity index is 2.25. The molecular weight excluding hydrogens is 142 g/mol. The number of ether oxygens (including phenoxy) is 1. The Morgan fingerprint density at radius 3 is 2.91 bits per heavy atom. The molecule has 0 spiro atoms. The van der Waals surface area contributed by atoms with Crippen LogP contribution in [0.3, 0.4) is 0 Å². The van der Waals surface area contributed by atoms with Crippen LogP contribution in [0.4, 0.5) is 0 Å². The van der Waals surface area contributed by atoms with E-state index in [-0.39, 0.29) is 12.2 Å². The average Bonchev–Trinajstić information content (AvgIpc) is 2.67. The zero-order chi connectivity index (χ0) is 7.84. The summed E-state index contributed by atoms with van der Waals surface area (Å²) in [6, 6.07) is 3.64. The van der Waals surface area contributed by atoms with Gasteiger partial charge in [0.15, 0.2) is 12.4 Å². The summed E-state index contributed by atoms with van der Waals surface area (Å²) >= 11 is 0. The predicted octanol–water partition coefficient (Wildman–Crippen LogP) is 0.780. The molecule has 1 aliphatic rings. The molecule has 3 heteroatoms. The summed E-state index contributed by atoms with van der Waals surface area (Å²) in [5.74, 6) is 0. The lowest BCUT2D eigenvalue weighted by molar-refractivity contribution is -0.605. The van der Waals surface area contributed by atoms with Crippen molar-refractivity contribution in [3.8, 4) is 0 Å². The van der Waals surface area contributed by atoms with E-state index in [1.54, 1.807) is 12.3 Å². The van der Waals surface area contributed by atoms with Crippen LogP contribution in [0.25, 0.3) is 0 Å². The first-order valence-electron chi connectivity index (χ1n) is 3.61. The molecule has 2 atom stereocenters. The van der Waals surface area contributed by atoms with Crippen molar-refractivity contribution in [3.63, 3.8) is 0 Å². The van der Waals surface area contributed by atoms with Crippen molar-refractivity contribution in [2.45, 2.75) is 19.1 Å². The Hall–Kier alpha value is -1.09. The van der Waals surface area contributed by atoms with Crippen LogP contribution in [-0.4, -0.2) is 6.10 Å². The van der Waals surface area contributed by atoms with Crippen LogP contribution in [0.15, 0.2) is 24.5 Å². The smallest absolute Gasteiger partial charge is 0.186 e. The lowest BCUT2D eigenvalue weighted by atomic mass is 10.2. The lowest BCUT2D eigenvalue weighted by Crippen LogP contribution is -2.24. The third kappa shape index (κ3) is 1.19. The first-order chi connectivity index (χ1) is 5.27. The van der Waals surface area contributed by atoms with Gasteiger partial charge in [0.25, 0.3) is 0 Å². The second-order valence-corrected chi connectivity index (χ2v) is 2.76. The van der Waals surface area contributed by atoms with Gasteiger partial charge in [-0.2, -0.15) is 4.73 Å². The SMILES string of the molecule is C[C@H]1O[C@H]1c1ccc[n+]([O-])c1. The number of hydrogen-bond acceptors (Lipinski definition) is 2. The molecule has 1 aromatic rings. The standard InChI is InChI=1S/C8H9NO2/c1-6-8(11-6)7-3-2-4-9(10)5-7/h2-6,8H,1H3/t6-,8-/m1/s1. The highest BCUT2D eigenvalue weighted by molar-refractivity contribution is 5.15. The van der Waals surface area contributed by atoms with E-state index in [1.807, 2.05) is 13.0 Å². The Bertz CT molecular complexity index is 275. The van der Waals surface area contributed by atoms with Gasteiger partial charge in [-0.25, -0.2) is 0 Å². The minimum atomic E-state index is 0.149. The van der Waals surface area contributed by atoms with Crippen LogP contribution in [0.2, 0.25) is 0 Å². The van der Waals surface area contributed by atoms with Crippen LogP contribution < -0.4 is 4.73 Å². The first-order valence-corrected chi connectivity index (χ1v) is 3.61. The molecule has 11 heavy (non-hydrogen) atoms. The molecule has 0 amide bonds. The highest BCUT2D eigenvalue weighted by Crippen LogP contribution is 2.37. The molecule has 0 unspecified atom stereocenters. The van der Waals surface area contributed by atoms with E-state index < -0.39 is 0 Å². The number of rotatable bonds is 1. The summed E-state index contributed by atoms with van der Waals surface area (Å²) in [5, 5.41) is 10.8. The van der Waals surface area contributed by atoms with Crippen LogP contribution >= 0.6 is 0 Å². The Morgan fingerprint density at radius 2 is 2.36 bits per heavy atom. The summed E-state index contributed by atoms with van der Waals surface area (Å²) in [4.78, 5) is 0. The molecule has 1 fully saturated rings. The molecule has 58 valence electrons. The lowest BCUT2D eigenvalue weighted by Gasteiger charge is -1.95. The molecule has 2 rings (SSSR count). The van der Waals surface area contributed by atoms with Gasteiger partial charge in [-0.3, -0.25) is 0 Å². The van der Waals surface area contributed by atoms with E-state index in [0.717, 1.165) is 10.3 Å². The Morgan fingerprint density at radius 1 is 1.64 bits per heavy atom. The molecule has 3 nitrogen and oxygen atoms in total. The first kappa shape index (κ1) is 6.61. The minimum Gasteiger partial charge on any atom is -0.619 e. The Kier molecular flexibility index (Phi) is 1.32. The summed E-state index contributed by atoms with van der Waals surface area (Å²) < 4.78 is 6.00. The molecule has 1 saturated heterocycles. The van der Waals surface area contributed by atoms with Crippen molar-refractivity contribution in [1.82, 2.24) is 0 Å². The molecular formula is C8H9NO2. The van der Waals surface area contributed by atoms with E-state index >= 15 is 0 Å². The quantitative estimate of drug-likeness (QED) is 0.338. The number of pyridine rings is 1. The van der Waals surface area contributed by atoms with Crippen LogP contribution in [0.5, 0.6) is 0 Å². The summed E-state index contributed by atoms with van der Waals surface area (Å²) in [5.41, 5.74) is 0.968. The van der Waals surface area contributed by atoms with E-state index in [1.165, 1.54) is 6.20 Å². The fourth-order valence-electron chi connectivity index (χ4n) is 1.18. The van der Waals surface area contributed by atoms with Crippen molar-refractivity contribution in [2.75, 3.05) is 0 Å². The van der Waals surface area contributed by atoms with E-state index in [4.69, 9.17) is 4.74 Å². The fraction of sp³-hybridized carbons (Fsp3) is 0.375. The van der Waals surface area contributed by atoms with E-state index in [2.05, 4.69) is 0 Å². The van der Waals surface area contributed by atoms with Crippen molar-refractivity contribution in [2.24, 2.45) is 0 Å². The van der Waals surface area contributed by atoms with Gasteiger partial charge in [0.2, 0.25) is 0 Å². The number of aromatic nitrogens is 1. The fourth-order valence-corrected chi connectivity index (χ4v) is 1.18. The van der Waals surface area contributed by atoms with Gasteiger partial charge in [0, 0.05) is 11.6 Å². The second-order valence-electron chi connectivity index (χ2n) is 2.76. The zero-order valence-electron chi connectivity index (χ0n) is 6.23. The molecule has 0 radical (unpaired) electrons. The van der Waals surface area contributed by atoms with Crippen LogP contribution in [-0.2, 0) is 4.74 Å². The average molecular weight is 151 g/mol. The number of epoxide rings is 1. The molecule has 0 saturated carbocycles. The van der Waals surface area contributed by atoms with E-state index in [9.17, 15) is 5.21 Å². The van der Waals surface area contributed by atoms with Crippen LogP contribution in [0.1, 0.15) is 18.6 Å². The van der Waals surface area contributed by atoms with Gasteiger partial charge in [0.05, 0.1) is 6.10 Å². The van der Waals surface area contributed by atoms with Gasteiger partial charge in [-0.1, -0.05) is 0 Å². The monoisotopic (exact) mass is 151 g/mol. The summed E-state index contributed by atoms with van der Waals surface area (Å²) in [6.07, 6.45) is 3.44. The summed E-state index contributed by atoms with van der Waals surface area (Å²) in [6.45, 7) is 1.99. The molecule has 0 aliphatic carbocycles. The van der Waals surface area contributed by atoms with Crippen molar-refractivity contribution < 1.29 is 9.47 Å². The molecule has 1 aliphatic heterocycles. The second kappa shape index (κ2) is 2.20. The maximum Gasteiger partial charge on any atom is 0.186 e. The molecule has 1 aromatic heterocycles. The highest BCUT2D eigenvalue weighted by Gasteiger charge is 2.36. The van der Waals surface area contributed by atoms with Crippen LogP contribution in [0, 0.1) is 5.21 Å². The third-order valence-electron chi connectivity index (χ3n) is 1.84. The largest absolute Gasteiger partial charge is 0.619 e. The van der Waals surface area contributed by atoms with Gasteiger partial charge in [-0.05, 0) is 13.0 Å². The molecule has 2 heterocycles. The maximum atomic E-state index is 10.8. The molecule has 0 N–H and O–H groups in total. The third-order valence-corrected chi connectivity index (χ3v) is 1.84. The zero-order valence-corrected chi connectivity index (χ0v) is 6.23. The topological polar surface area (TPSA) is 39.5 Å². The molecule has 0 aromatic carbocycles. The highest BCUT2D eigenvalue weighted by atomic mass is 16.6. The number of nitrogens with zero attached hydrogens (tertiary/aromatic N) is 1. The maximum absolute atomic E-state index is 10.8. The number of hydrogen-bond donors (Lipinski definition) is 0. The predicted molar refractivity (Wildman–Crippen MR) is 38.7 cm³/mol. The van der Waals surface area contributed by atoms with Gasteiger partial charge in [-0.15, -0.1) is 0 Å². The van der Waals surface area contributed by atoms with Gasteiger partial charge in [0.1, 0.15) is 6.10 Å².